The molecule has 1 saturated heterocycles. The van der Waals surface area contributed by atoms with E-state index in [1.54, 1.807) is 11.1 Å². The monoisotopic (exact) mass is 596 g/mol. The Balaban J connectivity index is 1.38. The van der Waals surface area contributed by atoms with Gasteiger partial charge in [0.15, 0.2) is 0 Å². The van der Waals surface area contributed by atoms with Gasteiger partial charge in [0, 0.05) is 38.6 Å². The van der Waals surface area contributed by atoms with Crippen LogP contribution >= 0.6 is 0 Å². The number of aromatic nitrogens is 2. The molecule has 0 spiro atoms. The van der Waals surface area contributed by atoms with E-state index in [0.717, 1.165) is 30.7 Å². The smallest absolute Gasteiger partial charge is 0.410 e. The number of nitrogens with zero attached hydrogens (tertiary/aromatic N) is 4. The number of carbonyl (C=O) groups excluding carboxylic acids is 2. The van der Waals surface area contributed by atoms with Crippen LogP contribution < -0.4 is 0 Å². The van der Waals surface area contributed by atoms with Crippen LogP contribution in [-0.4, -0.2) is 88.3 Å². The van der Waals surface area contributed by atoms with Crippen molar-refractivity contribution in [2.75, 3.05) is 33.2 Å². The van der Waals surface area contributed by atoms with Crippen LogP contribution in [0.25, 0.3) is 17.0 Å². The number of hydrogen-bond donors (Lipinski definition) is 1. The molecule has 234 valence electrons. The SMILES string of the molecule is C/C(=C\c1cc(F)c2cnn(CC3CC3)c2c1)[C@H]1OC(=O)C[C@H](O)CC[C@H](C)C(OC(=O)N2CCN(C)CC2)/C=C/[C@@H]1C. The Kier molecular flexibility index (Phi) is 9.86. The fourth-order valence-corrected chi connectivity index (χ4v) is 5.90. The number of rotatable bonds is 5. The maximum atomic E-state index is 15.1. The van der Waals surface area contributed by atoms with Gasteiger partial charge in [-0.05, 0) is 80.8 Å². The summed E-state index contributed by atoms with van der Waals surface area (Å²) in [5, 5.41) is 15.5. The van der Waals surface area contributed by atoms with Crippen LogP contribution in [0.5, 0.6) is 0 Å². The number of carbonyl (C=O) groups is 2. The molecule has 0 radical (unpaired) electrons. The van der Waals surface area contributed by atoms with E-state index in [-0.39, 0.29) is 30.2 Å². The Morgan fingerprint density at radius 3 is 2.60 bits per heavy atom. The molecule has 1 amide bonds. The van der Waals surface area contributed by atoms with E-state index < -0.39 is 24.3 Å². The second-order valence-electron chi connectivity index (χ2n) is 12.8. The number of aliphatic hydroxyl groups is 1. The molecule has 1 aromatic heterocycles. The standard InChI is InChI=1S/C33H45FN4O5/c1-21-5-9-26(39)18-31(40)43-32(22(2)6-10-30(21)42-33(41)37-13-11-36(4)12-14-37)23(3)15-25-16-28(34)27-19-35-38(29(27)17-25)20-24-7-8-24/h6,10,15-17,19,21-22,24,26,30,32,39H,5,7-9,11-14,18,20H2,1-4H3/b10-6+,23-15+/t21-,22-,26+,30?,32-/m0/s1. The Bertz CT molecular complexity index is 1360. The molecule has 9 nitrogen and oxygen atoms in total. The second kappa shape index (κ2) is 13.6. The molecule has 1 unspecified atom stereocenters. The topological polar surface area (TPSA) is 97.1 Å². The van der Waals surface area contributed by atoms with Crippen molar-refractivity contribution in [3.63, 3.8) is 0 Å². The number of piperazine rings is 1. The molecule has 43 heavy (non-hydrogen) atoms. The Labute approximate surface area is 253 Å². The van der Waals surface area contributed by atoms with Crippen LogP contribution in [0.15, 0.2) is 36.1 Å². The predicted octanol–water partition coefficient (Wildman–Crippen LogP) is 5.03. The minimum atomic E-state index is -0.865. The lowest BCUT2D eigenvalue weighted by atomic mass is 9.91. The average Bonchev–Trinajstić information content (AvgIpc) is 3.70. The third-order valence-corrected chi connectivity index (χ3v) is 8.96. The summed E-state index contributed by atoms with van der Waals surface area (Å²) in [7, 11) is 2.03. The number of hydrogen-bond acceptors (Lipinski definition) is 7. The summed E-state index contributed by atoms with van der Waals surface area (Å²) in [4.78, 5) is 29.8. The molecular weight excluding hydrogens is 551 g/mol. The number of esters is 1. The van der Waals surface area contributed by atoms with Crippen molar-refractivity contribution in [3.05, 3.63) is 47.4 Å². The molecule has 1 N–H and O–H groups in total. The zero-order chi connectivity index (χ0) is 30.7. The van der Waals surface area contributed by atoms with Gasteiger partial charge in [0.25, 0.3) is 0 Å². The molecule has 2 aromatic rings. The van der Waals surface area contributed by atoms with E-state index in [0.29, 0.717) is 42.8 Å². The minimum absolute atomic E-state index is 0.0600. The third kappa shape index (κ3) is 8.03. The first-order valence-corrected chi connectivity index (χ1v) is 15.6. The van der Waals surface area contributed by atoms with Crippen LogP contribution in [0, 0.1) is 23.6 Å². The summed E-state index contributed by atoms with van der Waals surface area (Å²) in [5.74, 6) is -0.568. The van der Waals surface area contributed by atoms with Crippen LogP contribution in [0.3, 0.4) is 0 Å². The van der Waals surface area contributed by atoms with Crippen molar-refractivity contribution in [2.24, 2.45) is 17.8 Å². The summed E-state index contributed by atoms with van der Waals surface area (Å²) in [6.07, 6.45) is 8.06. The zero-order valence-electron chi connectivity index (χ0n) is 25.7. The molecular formula is C33H45FN4O5. The van der Waals surface area contributed by atoms with E-state index in [1.165, 1.54) is 18.9 Å². The lowest BCUT2D eigenvalue weighted by molar-refractivity contribution is -0.151. The summed E-state index contributed by atoms with van der Waals surface area (Å²) < 4.78 is 28.9. The second-order valence-corrected chi connectivity index (χ2v) is 12.8. The normalized spacial score (nSPS) is 29.1. The van der Waals surface area contributed by atoms with Gasteiger partial charge in [0.2, 0.25) is 0 Å². The maximum absolute atomic E-state index is 15.1. The average molecular weight is 597 g/mol. The Morgan fingerprint density at radius 1 is 1.14 bits per heavy atom. The van der Waals surface area contributed by atoms with Crippen molar-refractivity contribution in [1.82, 2.24) is 19.6 Å². The first kappa shape index (κ1) is 31.2. The molecule has 0 bridgehead atoms. The minimum Gasteiger partial charge on any atom is -0.457 e. The number of amides is 1. The molecule has 3 heterocycles. The number of fused-ring (bicyclic) bond motifs is 1. The van der Waals surface area contributed by atoms with Crippen molar-refractivity contribution >= 4 is 29.0 Å². The summed E-state index contributed by atoms with van der Waals surface area (Å²) in [5.41, 5.74) is 2.14. The number of benzene rings is 1. The lowest BCUT2D eigenvalue weighted by Crippen LogP contribution is -2.48. The van der Waals surface area contributed by atoms with Crippen molar-refractivity contribution in [2.45, 2.75) is 77.7 Å². The molecule has 2 fully saturated rings. The summed E-state index contributed by atoms with van der Waals surface area (Å²) in [6.45, 7) is 9.40. The highest BCUT2D eigenvalue weighted by molar-refractivity contribution is 5.82. The van der Waals surface area contributed by atoms with Gasteiger partial charge in [-0.3, -0.25) is 9.48 Å². The van der Waals surface area contributed by atoms with Gasteiger partial charge in [0.05, 0.1) is 29.6 Å². The van der Waals surface area contributed by atoms with Gasteiger partial charge >= 0.3 is 12.1 Å². The van der Waals surface area contributed by atoms with Gasteiger partial charge in [0.1, 0.15) is 18.0 Å². The number of likely N-dealkylation sites (N-methyl/N-ethyl adjacent to an activating group) is 1. The number of cyclic esters (lactones) is 1. The van der Waals surface area contributed by atoms with Crippen LogP contribution in [0.4, 0.5) is 9.18 Å². The van der Waals surface area contributed by atoms with E-state index >= 15 is 4.39 Å². The molecule has 1 aliphatic carbocycles. The van der Waals surface area contributed by atoms with Crippen LogP contribution in [0.1, 0.15) is 58.4 Å². The highest BCUT2D eigenvalue weighted by Gasteiger charge is 2.29. The summed E-state index contributed by atoms with van der Waals surface area (Å²) >= 11 is 0. The maximum Gasteiger partial charge on any atom is 0.410 e. The number of ether oxygens (including phenoxy) is 2. The molecule has 1 saturated carbocycles. The number of aliphatic hydroxyl groups excluding tert-OH is 1. The van der Waals surface area contributed by atoms with E-state index in [4.69, 9.17) is 9.47 Å². The van der Waals surface area contributed by atoms with Crippen LogP contribution in [0.2, 0.25) is 0 Å². The fourth-order valence-electron chi connectivity index (χ4n) is 5.90. The number of halogens is 1. The quantitative estimate of drug-likeness (QED) is 0.382. The first-order valence-electron chi connectivity index (χ1n) is 15.6. The highest BCUT2D eigenvalue weighted by Crippen LogP contribution is 2.32. The molecule has 3 aliphatic rings. The molecule has 2 aliphatic heterocycles. The van der Waals surface area contributed by atoms with E-state index in [1.807, 2.05) is 56.8 Å². The Hall–Kier alpha value is -3.24. The molecule has 1 aromatic carbocycles. The van der Waals surface area contributed by atoms with Gasteiger partial charge in [-0.15, -0.1) is 0 Å². The lowest BCUT2D eigenvalue weighted by Gasteiger charge is -2.33. The molecule has 5 atom stereocenters. The van der Waals surface area contributed by atoms with Gasteiger partial charge in [-0.2, -0.15) is 5.10 Å². The van der Waals surface area contributed by atoms with Gasteiger partial charge in [-0.1, -0.05) is 26.0 Å². The van der Waals surface area contributed by atoms with Crippen molar-refractivity contribution in [1.29, 1.82) is 0 Å². The van der Waals surface area contributed by atoms with Crippen molar-refractivity contribution in [3.8, 4) is 0 Å². The highest BCUT2D eigenvalue weighted by atomic mass is 19.1. The molecule has 5 rings (SSSR count). The van der Waals surface area contributed by atoms with Gasteiger partial charge < -0.3 is 24.4 Å². The van der Waals surface area contributed by atoms with Gasteiger partial charge in [-0.25, -0.2) is 9.18 Å². The third-order valence-electron chi connectivity index (χ3n) is 8.96. The summed E-state index contributed by atoms with van der Waals surface area (Å²) in [6, 6.07) is 3.40. The van der Waals surface area contributed by atoms with E-state index in [2.05, 4.69) is 10.00 Å². The predicted molar refractivity (Wildman–Crippen MR) is 163 cm³/mol. The van der Waals surface area contributed by atoms with Crippen LogP contribution in [-0.2, 0) is 20.8 Å². The van der Waals surface area contributed by atoms with Crippen molar-refractivity contribution < 1.29 is 28.6 Å². The van der Waals surface area contributed by atoms with E-state index in [9.17, 15) is 14.7 Å². The zero-order valence-corrected chi connectivity index (χ0v) is 25.7. The Morgan fingerprint density at radius 2 is 1.88 bits per heavy atom. The fraction of sp³-hybridized carbons (Fsp3) is 0.606. The first-order chi connectivity index (χ1) is 20.6. The molecule has 10 heteroatoms. The largest absolute Gasteiger partial charge is 0.457 e.